The standard InChI is InChI=1S/C10H11N5S/c1-6-8(7-3-2-4-13-5-7)16-10(14-6)15-9(11)12/h2-5H,1H3,(H4,11,12,14,15). The first-order chi connectivity index (χ1) is 7.66. The summed E-state index contributed by atoms with van der Waals surface area (Å²) in [6.45, 7) is 1.92. The Morgan fingerprint density at radius 3 is 2.88 bits per heavy atom. The van der Waals surface area contributed by atoms with E-state index in [1.165, 1.54) is 11.3 Å². The van der Waals surface area contributed by atoms with Crippen LogP contribution in [0.5, 0.6) is 0 Å². The minimum Gasteiger partial charge on any atom is -0.370 e. The fourth-order valence-electron chi connectivity index (χ4n) is 1.31. The van der Waals surface area contributed by atoms with Gasteiger partial charge in [-0.25, -0.2) is 4.98 Å². The molecule has 16 heavy (non-hydrogen) atoms. The zero-order chi connectivity index (χ0) is 11.5. The first kappa shape index (κ1) is 10.6. The number of aromatic nitrogens is 2. The Kier molecular flexibility index (Phi) is 2.82. The quantitative estimate of drug-likeness (QED) is 0.606. The van der Waals surface area contributed by atoms with Crippen LogP contribution >= 0.6 is 11.3 Å². The summed E-state index contributed by atoms with van der Waals surface area (Å²) in [5.74, 6) is 0.0199. The van der Waals surface area contributed by atoms with Crippen LogP contribution in [0.4, 0.5) is 5.13 Å². The molecular formula is C10H11N5S. The van der Waals surface area contributed by atoms with Gasteiger partial charge in [-0.1, -0.05) is 17.4 Å². The maximum Gasteiger partial charge on any atom is 0.213 e. The van der Waals surface area contributed by atoms with Gasteiger partial charge in [0.1, 0.15) is 0 Å². The number of hydrogen-bond acceptors (Lipinski definition) is 4. The van der Waals surface area contributed by atoms with Crippen molar-refractivity contribution in [2.45, 2.75) is 6.92 Å². The Morgan fingerprint density at radius 2 is 2.25 bits per heavy atom. The third-order valence-electron chi connectivity index (χ3n) is 1.93. The van der Waals surface area contributed by atoms with E-state index in [4.69, 9.17) is 11.5 Å². The lowest BCUT2D eigenvalue weighted by molar-refractivity contribution is 1.23. The zero-order valence-electron chi connectivity index (χ0n) is 8.71. The summed E-state index contributed by atoms with van der Waals surface area (Å²) in [7, 11) is 0. The predicted octanol–water partition coefficient (Wildman–Crippen LogP) is 1.42. The Hall–Kier alpha value is -1.95. The first-order valence-electron chi connectivity index (χ1n) is 4.64. The number of aryl methyl sites for hydroxylation is 1. The van der Waals surface area contributed by atoms with Crippen molar-refractivity contribution in [1.82, 2.24) is 9.97 Å². The van der Waals surface area contributed by atoms with Crippen LogP contribution in [-0.2, 0) is 0 Å². The molecule has 0 saturated heterocycles. The summed E-state index contributed by atoms with van der Waals surface area (Å²) in [4.78, 5) is 13.3. The van der Waals surface area contributed by atoms with Crippen LogP contribution in [0, 0.1) is 6.92 Å². The molecule has 0 saturated carbocycles. The molecule has 0 amide bonds. The molecule has 2 rings (SSSR count). The highest BCUT2D eigenvalue weighted by Gasteiger charge is 2.09. The van der Waals surface area contributed by atoms with Crippen molar-refractivity contribution < 1.29 is 0 Å². The van der Waals surface area contributed by atoms with Crippen LogP contribution in [0.3, 0.4) is 0 Å². The van der Waals surface area contributed by atoms with Gasteiger partial charge in [-0.15, -0.1) is 0 Å². The summed E-state index contributed by atoms with van der Waals surface area (Å²) in [6, 6.07) is 3.86. The molecule has 0 fully saturated rings. The van der Waals surface area contributed by atoms with Crippen molar-refractivity contribution in [1.29, 1.82) is 0 Å². The van der Waals surface area contributed by atoms with Gasteiger partial charge in [0.15, 0.2) is 5.96 Å². The van der Waals surface area contributed by atoms with Gasteiger partial charge in [0.25, 0.3) is 0 Å². The lowest BCUT2D eigenvalue weighted by Gasteiger charge is -1.95. The van der Waals surface area contributed by atoms with Crippen LogP contribution in [0.1, 0.15) is 5.69 Å². The van der Waals surface area contributed by atoms with Gasteiger partial charge in [-0.3, -0.25) is 4.98 Å². The number of pyridine rings is 1. The number of guanidine groups is 1. The van der Waals surface area contributed by atoms with Crippen LogP contribution in [0.25, 0.3) is 10.4 Å². The van der Waals surface area contributed by atoms with Crippen molar-refractivity contribution >= 4 is 22.4 Å². The van der Waals surface area contributed by atoms with E-state index in [2.05, 4.69) is 15.0 Å². The minimum atomic E-state index is 0.0199. The monoisotopic (exact) mass is 233 g/mol. The predicted molar refractivity (Wildman–Crippen MR) is 65.6 cm³/mol. The molecule has 82 valence electrons. The molecule has 0 unspecified atom stereocenters. The third-order valence-corrected chi connectivity index (χ3v) is 3.03. The van der Waals surface area contributed by atoms with Crippen molar-refractivity contribution in [3.8, 4) is 10.4 Å². The maximum atomic E-state index is 5.30. The molecule has 0 radical (unpaired) electrons. The number of nitrogens with zero attached hydrogens (tertiary/aromatic N) is 3. The average molecular weight is 233 g/mol. The van der Waals surface area contributed by atoms with Crippen LogP contribution < -0.4 is 11.5 Å². The SMILES string of the molecule is Cc1nc(N=C(N)N)sc1-c1cccnc1. The zero-order valence-corrected chi connectivity index (χ0v) is 9.53. The van der Waals surface area contributed by atoms with Gasteiger partial charge in [0, 0.05) is 18.0 Å². The Balaban J connectivity index is 2.44. The summed E-state index contributed by atoms with van der Waals surface area (Å²) >= 11 is 1.44. The number of aliphatic imine (C=N–C) groups is 1. The molecule has 4 N–H and O–H groups in total. The van der Waals surface area contributed by atoms with Crippen LogP contribution in [0.2, 0.25) is 0 Å². The van der Waals surface area contributed by atoms with Gasteiger partial charge in [0.05, 0.1) is 10.6 Å². The van der Waals surface area contributed by atoms with Crippen molar-refractivity contribution in [2.24, 2.45) is 16.5 Å². The van der Waals surface area contributed by atoms with E-state index >= 15 is 0 Å². The van der Waals surface area contributed by atoms with Crippen molar-refractivity contribution in [3.63, 3.8) is 0 Å². The van der Waals surface area contributed by atoms with E-state index in [1.807, 2.05) is 19.1 Å². The van der Waals surface area contributed by atoms with Crippen LogP contribution in [0.15, 0.2) is 29.5 Å². The highest BCUT2D eigenvalue weighted by molar-refractivity contribution is 7.18. The van der Waals surface area contributed by atoms with Crippen LogP contribution in [-0.4, -0.2) is 15.9 Å². The lowest BCUT2D eigenvalue weighted by atomic mass is 10.2. The van der Waals surface area contributed by atoms with E-state index < -0.39 is 0 Å². The van der Waals surface area contributed by atoms with E-state index in [-0.39, 0.29) is 5.96 Å². The molecule has 0 aliphatic carbocycles. The Bertz CT molecular complexity index is 513. The molecule has 6 heteroatoms. The molecule has 5 nitrogen and oxygen atoms in total. The smallest absolute Gasteiger partial charge is 0.213 e. The topological polar surface area (TPSA) is 90.2 Å². The normalized spacial score (nSPS) is 10.1. The number of nitrogens with two attached hydrogens (primary N) is 2. The Morgan fingerprint density at radius 1 is 1.44 bits per heavy atom. The second-order valence-electron chi connectivity index (χ2n) is 3.19. The molecule has 2 aromatic rings. The van der Waals surface area contributed by atoms with Crippen molar-refractivity contribution in [2.75, 3.05) is 0 Å². The van der Waals surface area contributed by atoms with Gasteiger partial charge in [-0.05, 0) is 13.0 Å². The second kappa shape index (κ2) is 4.28. The summed E-state index contributed by atoms with van der Waals surface area (Å²) in [6.07, 6.45) is 3.52. The third kappa shape index (κ3) is 2.17. The maximum absolute atomic E-state index is 5.30. The molecule has 2 heterocycles. The molecule has 0 aliphatic heterocycles. The largest absolute Gasteiger partial charge is 0.370 e. The van der Waals surface area contributed by atoms with E-state index in [9.17, 15) is 0 Å². The number of hydrogen-bond donors (Lipinski definition) is 2. The fraction of sp³-hybridized carbons (Fsp3) is 0.100. The van der Waals surface area contributed by atoms with Crippen molar-refractivity contribution in [3.05, 3.63) is 30.2 Å². The molecule has 0 bridgehead atoms. The highest BCUT2D eigenvalue weighted by atomic mass is 32.1. The molecule has 0 aliphatic rings. The summed E-state index contributed by atoms with van der Waals surface area (Å²) in [5.41, 5.74) is 12.5. The van der Waals surface area contributed by atoms with Gasteiger partial charge < -0.3 is 11.5 Å². The summed E-state index contributed by atoms with van der Waals surface area (Å²) < 4.78 is 0. The second-order valence-corrected chi connectivity index (χ2v) is 4.17. The molecule has 0 aromatic carbocycles. The fourth-order valence-corrected chi connectivity index (χ4v) is 2.25. The first-order valence-corrected chi connectivity index (χ1v) is 5.46. The lowest BCUT2D eigenvalue weighted by Crippen LogP contribution is -2.21. The van der Waals surface area contributed by atoms with E-state index in [0.29, 0.717) is 5.13 Å². The van der Waals surface area contributed by atoms with Gasteiger partial charge in [0.2, 0.25) is 5.13 Å². The Labute approximate surface area is 96.9 Å². The van der Waals surface area contributed by atoms with Gasteiger partial charge in [-0.2, -0.15) is 4.99 Å². The summed E-state index contributed by atoms with van der Waals surface area (Å²) in [5, 5.41) is 0.566. The molecule has 0 spiro atoms. The highest BCUT2D eigenvalue weighted by Crippen LogP contribution is 2.33. The molecular weight excluding hydrogens is 222 g/mol. The van der Waals surface area contributed by atoms with E-state index in [0.717, 1.165) is 16.1 Å². The molecule has 2 aromatic heterocycles. The number of rotatable bonds is 2. The van der Waals surface area contributed by atoms with Gasteiger partial charge >= 0.3 is 0 Å². The van der Waals surface area contributed by atoms with E-state index in [1.54, 1.807) is 12.4 Å². The minimum absolute atomic E-state index is 0.0199. The number of thiazole rings is 1. The molecule has 0 atom stereocenters. The average Bonchev–Trinajstić information content (AvgIpc) is 2.60.